The molecule has 4 nitrogen and oxygen atoms in total. The summed E-state index contributed by atoms with van der Waals surface area (Å²) in [6.45, 7) is 4.59. The number of rotatable bonds is 2. The van der Waals surface area contributed by atoms with Crippen molar-refractivity contribution in [3.8, 4) is 0 Å². The van der Waals surface area contributed by atoms with E-state index in [1.54, 1.807) is 12.5 Å². The zero-order valence-corrected chi connectivity index (χ0v) is 12.2. The first kappa shape index (κ1) is 12.9. The molecule has 1 aromatic carbocycles. The number of hydrogen-bond donors (Lipinski definition) is 1. The zero-order chi connectivity index (χ0) is 14.4. The Hall–Kier alpha value is -1.81. The molecular weight excluding hydrogens is 264 g/mol. The Morgan fingerprint density at radius 3 is 2.76 bits per heavy atom. The van der Waals surface area contributed by atoms with Crippen molar-refractivity contribution in [3.05, 3.63) is 36.3 Å². The molecule has 0 radical (unpaired) electrons. The SMILES string of the molecule is C[C@@H]1[C@H](NC(=O)c2ccc3cocc3c2)C2CCN1CC2. The Balaban J connectivity index is 1.54. The number of piperidine rings is 3. The van der Waals surface area contributed by atoms with Crippen LogP contribution in [0.15, 0.2) is 35.1 Å². The van der Waals surface area contributed by atoms with Gasteiger partial charge in [0, 0.05) is 28.4 Å². The van der Waals surface area contributed by atoms with Crippen LogP contribution in [0.25, 0.3) is 10.8 Å². The number of amides is 1. The van der Waals surface area contributed by atoms with Crippen LogP contribution in [0.5, 0.6) is 0 Å². The summed E-state index contributed by atoms with van der Waals surface area (Å²) in [7, 11) is 0. The zero-order valence-electron chi connectivity index (χ0n) is 12.2. The van der Waals surface area contributed by atoms with Gasteiger partial charge in [-0.15, -0.1) is 0 Å². The van der Waals surface area contributed by atoms with E-state index in [-0.39, 0.29) is 11.9 Å². The summed E-state index contributed by atoms with van der Waals surface area (Å²) >= 11 is 0. The number of furan rings is 1. The molecule has 21 heavy (non-hydrogen) atoms. The summed E-state index contributed by atoms with van der Waals surface area (Å²) in [6, 6.07) is 6.44. The van der Waals surface area contributed by atoms with Crippen LogP contribution in [0.4, 0.5) is 0 Å². The van der Waals surface area contributed by atoms with E-state index in [4.69, 9.17) is 4.42 Å². The largest absolute Gasteiger partial charge is 0.471 e. The molecule has 1 amide bonds. The van der Waals surface area contributed by atoms with Gasteiger partial charge in [-0.1, -0.05) is 6.07 Å². The van der Waals surface area contributed by atoms with Crippen LogP contribution in [-0.4, -0.2) is 36.0 Å². The Kier molecular flexibility index (Phi) is 3.00. The van der Waals surface area contributed by atoms with Crippen LogP contribution in [-0.2, 0) is 0 Å². The van der Waals surface area contributed by atoms with Gasteiger partial charge in [0.15, 0.2) is 0 Å². The lowest BCUT2D eigenvalue weighted by Crippen LogP contribution is -2.62. The van der Waals surface area contributed by atoms with Gasteiger partial charge in [0.05, 0.1) is 12.5 Å². The van der Waals surface area contributed by atoms with Crippen LogP contribution in [0.2, 0.25) is 0 Å². The number of nitrogens with one attached hydrogen (secondary N) is 1. The van der Waals surface area contributed by atoms with Crippen molar-refractivity contribution in [2.75, 3.05) is 13.1 Å². The molecule has 2 bridgehead atoms. The molecule has 1 aromatic heterocycles. The predicted octanol–water partition coefficient (Wildman–Crippen LogP) is 2.65. The number of fused-ring (bicyclic) bond motifs is 4. The summed E-state index contributed by atoms with van der Waals surface area (Å²) in [5, 5.41) is 5.27. The van der Waals surface area contributed by atoms with Crippen molar-refractivity contribution in [1.82, 2.24) is 10.2 Å². The van der Waals surface area contributed by atoms with E-state index in [2.05, 4.69) is 17.1 Å². The highest BCUT2D eigenvalue weighted by Crippen LogP contribution is 2.32. The minimum Gasteiger partial charge on any atom is -0.471 e. The fourth-order valence-corrected chi connectivity index (χ4v) is 3.89. The Bertz CT molecular complexity index is 668. The van der Waals surface area contributed by atoms with Gasteiger partial charge in [-0.25, -0.2) is 0 Å². The lowest BCUT2D eigenvalue weighted by Gasteiger charge is -2.49. The number of carbonyl (C=O) groups is 1. The molecular formula is C17H20N2O2. The quantitative estimate of drug-likeness (QED) is 0.922. The van der Waals surface area contributed by atoms with Gasteiger partial charge in [-0.05, 0) is 50.9 Å². The van der Waals surface area contributed by atoms with Gasteiger partial charge in [0.1, 0.15) is 0 Å². The summed E-state index contributed by atoms with van der Waals surface area (Å²) in [5.74, 6) is 0.662. The van der Waals surface area contributed by atoms with E-state index < -0.39 is 0 Å². The van der Waals surface area contributed by atoms with E-state index in [1.807, 2.05) is 18.2 Å². The number of hydrogen-bond acceptors (Lipinski definition) is 3. The van der Waals surface area contributed by atoms with E-state index in [9.17, 15) is 4.79 Å². The van der Waals surface area contributed by atoms with Gasteiger partial charge in [-0.2, -0.15) is 0 Å². The first-order chi connectivity index (χ1) is 10.2. The lowest BCUT2D eigenvalue weighted by atomic mass is 9.79. The molecule has 3 aliphatic heterocycles. The second-order valence-corrected chi connectivity index (χ2v) is 6.33. The molecule has 3 aliphatic rings. The highest BCUT2D eigenvalue weighted by Gasteiger charge is 2.40. The second kappa shape index (κ2) is 4.88. The van der Waals surface area contributed by atoms with Gasteiger partial charge in [0.2, 0.25) is 0 Å². The molecule has 3 saturated heterocycles. The molecule has 4 heteroatoms. The van der Waals surface area contributed by atoms with Crippen molar-refractivity contribution in [2.24, 2.45) is 5.92 Å². The maximum absolute atomic E-state index is 12.5. The maximum atomic E-state index is 12.5. The van der Waals surface area contributed by atoms with Crippen molar-refractivity contribution in [1.29, 1.82) is 0 Å². The first-order valence-corrected chi connectivity index (χ1v) is 7.73. The van der Waals surface area contributed by atoms with Crippen LogP contribution < -0.4 is 5.32 Å². The molecule has 0 spiro atoms. The fraction of sp³-hybridized carbons (Fsp3) is 0.471. The monoisotopic (exact) mass is 284 g/mol. The molecule has 0 unspecified atom stereocenters. The Morgan fingerprint density at radius 1 is 1.24 bits per heavy atom. The molecule has 2 aromatic rings. The molecule has 3 fully saturated rings. The first-order valence-electron chi connectivity index (χ1n) is 7.73. The number of benzene rings is 1. The van der Waals surface area contributed by atoms with Crippen molar-refractivity contribution in [3.63, 3.8) is 0 Å². The highest BCUT2D eigenvalue weighted by molar-refractivity contribution is 5.98. The van der Waals surface area contributed by atoms with E-state index in [0.29, 0.717) is 17.5 Å². The van der Waals surface area contributed by atoms with Crippen molar-refractivity contribution < 1.29 is 9.21 Å². The molecule has 5 rings (SSSR count). The van der Waals surface area contributed by atoms with Crippen LogP contribution in [0, 0.1) is 5.92 Å². The van der Waals surface area contributed by atoms with E-state index in [0.717, 1.165) is 10.8 Å². The average molecular weight is 284 g/mol. The van der Waals surface area contributed by atoms with E-state index in [1.165, 1.54) is 25.9 Å². The topological polar surface area (TPSA) is 45.5 Å². The smallest absolute Gasteiger partial charge is 0.251 e. The van der Waals surface area contributed by atoms with E-state index >= 15 is 0 Å². The van der Waals surface area contributed by atoms with Gasteiger partial charge in [0.25, 0.3) is 5.91 Å². The number of carbonyl (C=O) groups excluding carboxylic acids is 1. The lowest BCUT2D eigenvalue weighted by molar-refractivity contribution is 0.0217. The second-order valence-electron chi connectivity index (χ2n) is 6.33. The third-order valence-corrected chi connectivity index (χ3v) is 5.21. The highest BCUT2D eigenvalue weighted by atomic mass is 16.3. The normalized spacial score (nSPS) is 31.5. The van der Waals surface area contributed by atoms with Crippen molar-refractivity contribution in [2.45, 2.75) is 31.8 Å². The minimum atomic E-state index is 0.0312. The Labute approximate surface area is 124 Å². The molecule has 4 heterocycles. The molecule has 2 atom stereocenters. The third-order valence-electron chi connectivity index (χ3n) is 5.21. The molecule has 0 saturated carbocycles. The standard InChI is InChI=1S/C17H20N2O2/c1-11-16(12-4-6-19(11)7-5-12)18-17(20)13-2-3-14-9-21-10-15(14)8-13/h2-3,8-12,16H,4-7H2,1H3,(H,18,20)/t11-,16+/m1/s1. The van der Waals surface area contributed by atoms with Crippen molar-refractivity contribution >= 4 is 16.7 Å². The molecule has 110 valence electrons. The molecule has 0 aliphatic carbocycles. The average Bonchev–Trinajstić information content (AvgIpc) is 2.98. The van der Waals surface area contributed by atoms with Gasteiger partial charge < -0.3 is 9.73 Å². The summed E-state index contributed by atoms with van der Waals surface area (Å²) in [6.07, 6.45) is 5.79. The van der Waals surface area contributed by atoms with Crippen LogP contribution >= 0.6 is 0 Å². The minimum absolute atomic E-state index is 0.0312. The van der Waals surface area contributed by atoms with Gasteiger partial charge >= 0.3 is 0 Å². The predicted molar refractivity (Wildman–Crippen MR) is 81.2 cm³/mol. The van der Waals surface area contributed by atoms with Crippen LogP contribution in [0.1, 0.15) is 30.1 Å². The van der Waals surface area contributed by atoms with Gasteiger partial charge in [-0.3, -0.25) is 9.69 Å². The Morgan fingerprint density at radius 2 is 2.00 bits per heavy atom. The number of nitrogens with zero attached hydrogens (tertiary/aromatic N) is 1. The third kappa shape index (κ3) is 2.14. The summed E-state index contributed by atoms with van der Waals surface area (Å²) < 4.78 is 5.17. The summed E-state index contributed by atoms with van der Waals surface area (Å²) in [4.78, 5) is 15.0. The summed E-state index contributed by atoms with van der Waals surface area (Å²) in [5.41, 5.74) is 0.715. The van der Waals surface area contributed by atoms with Crippen LogP contribution in [0.3, 0.4) is 0 Å². The fourth-order valence-electron chi connectivity index (χ4n) is 3.89. The molecule has 1 N–H and O–H groups in total. The maximum Gasteiger partial charge on any atom is 0.251 e.